The Bertz CT molecular complexity index is 376. The van der Waals surface area contributed by atoms with Crippen molar-refractivity contribution in [3.05, 3.63) is 5.89 Å². The van der Waals surface area contributed by atoms with Crippen molar-refractivity contribution in [2.45, 2.75) is 39.2 Å². The molecule has 6 nitrogen and oxygen atoms in total. The van der Waals surface area contributed by atoms with E-state index in [0.717, 1.165) is 13.1 Å². The Balaban J connectivity index is 1.69. The zero-order chi connectivity index (χ0) is 13.6. The second kappa shape index (κ2) is 6.86. The van der Waals surface area contributed by atoms with Crippen molar-refractivity contribution >= 4 is 6.01 Å². The Hall–Kier alpha value is -1.14. The van der Waals surface area contributed by atoms with Crippen LogP contribution < -0.4 is 10.6 Å². The number of nitrogens with one attached hydrogen (secondary N) is 2. The minimum absolute atomic E-state index is 0.486. The predicted octanol–water partition coefficient (Wildman–Crippen LogP) is 1.80. The standard InChI is InChI=1S/C13H24N4O2/c1-3-4-13(5-6-13)10-15-12-17-16-11(19-12)9-14-7-8-18-2/h14H,3-10H2,1-2H3,(H,15,17). The molecular formula is C13H24N4O2. The van der Waals surface area contributed by atoms with Gasteiger partial charge in [0.1, 0.15) is 0 Å². The van der Waals surface area contributed by atoms with Crippen molar-refractivity contribution in [3.63, 3.8) is 0 Å². The summed E-state index contributed by atoms with van der Waals surface area (Å²) < 4.78 is 10.5. The second-order valence-electron chi connectivity index (χ2n) is 5.27. The molecule has 1 fully saturated rings. The molecule has 2 rings (SSSR count). The number of aromatic nitrogens is 2. The molecule has 1 heterocycles. The third-order valence-corrected chi connectivity index (χ3v) is 3.58. The monoisotopic (exact) mass is 268 g/mol. The van der Waals surface area contributed by atoms with Crippen LogP contribution in [-0.4, -0.2) is 37.0 Å². The van der Waals surface area contributed by atoms with E-state index >= 15 is 0 Å². The predicted molar refractivity (Wildman–Crippen MR) is 72.9 cm³/mol. The Labute approximate surface area is 114 Å². The van der Waals surface area contributed by atoms with Gasteiger partial charge in [0.05, 0.1) is 13.2 Å². The zero-order valence-electron chi connectivity index (χ0n) is 11.9. The molecule has 0 radical (unpaired) electrons. The summed E-state index contributed by atoms with van der Waals surface area (Å²) in [5, 5.41) is 14.4. The molecule has 19 heavy (non-hydrogen) atoms. The van der Waals surface area contributed by atoms with E-state index in [1.807, 2.05) is 0 Å². The maximum atomic E-state index is 5.53. The molecule has 6 heteroatoms. The molecule has 1 aromatic heterocycles. The van der Waals surface area contributed by atoms with E-state index < -0.39 is 0 Å². The second-order valence-corrected chi connectivity index (χ2v) is 5.27. The molecule has 1 aliphatic rings. The summed E-state index contributed by atoms with van der Waals surface area (Å²) in [6, 6.07) is 0.533. The average Bonchev–Trinajstić information content (AvgIpc) is 3.03. The molecule has 2 N–H and O–H groups in total. The summed E-state index contributed by atoms with van der Waals surface area (Å²) >= 11 is 0. The van der Waals surface area contributed by atoms with Gasteiger partial charge in [-0.05, 0) is 24.7 Å². The molecule has 108 valence electrons. The number of ether oxygens (including phenoxy) is 1. The smallest absolute Gasteiger partial charge is 0.315 e. The van der Waals surface area contributed by atoms with Gasteiger partial charge in [-0.2, -0.15) is 0 Å². The molecule has 0 atom stereocenters. The molecule has 0 amide bonds. The fourth-order valence-electron chi connectivity index (χ4n) is 2.25. The number of rotatable bonds is 10. The van der Waals surface area contributed by atoms with Gasteiger partial charge in [0.25, 0.3) is 0 Å². The van der Waals surface area contributed by atoms with Crippen LogP contribution in [-0.2, 0) is 11.3 Å². The molecule has 1 aliphatic carbocycles. The van der Waals surface area contributed by atoms with Crippen LogP contribution in [0.3, 0.4) is 0 Å². The van der Waals surface area contributed by atoms with E-state index in [1.165, 1.54) is 25.7 Å². The van der Waals surface area contributed by atoms with Crippen molar-refractivity contribution in [3.8, 4) is 0 Å². The number of hydrogen-bond donors (Lipinski definition) is 2. The lowest BCUT2D eigenvalue weighted by atomic mass is 10.0. The van der Waals surface area contributed by atoms with Gasteiger partial charge in [-0.25, -0.2) is 0 Å². The molecule has 0 saturated heterocycles. The van der Waals surface area contributed by atoms with E-state index in [2.05, 4.69) is 27.8 Å². The Kier molecular flexibility index (Phi) is 5.15. The minimum Gasteiger partial charge on any atom is -0.407 e. The first-order chi connectivity index (χ1) is 9.28. The molecule has 0 spiro atoms. The zero-order valence-corrected chi connectivity index (χ0v) is 11.9. The van der Waals surface area contributed by atoms with Crippen LogP contribution in [0.25, 0.3) is 0 Å². The summed E-state index contributed by atoms with van der Waals surface area (Å²) in [6.45, 7) is 5.22. The summed E-state index contributed by atoms with van der Waals surface area (Å²) in [7, 11) is 1.68. The molecule has 1 aromatic rings. The first-order valence-electron chi connectivity index (χ1n) is 7.04. The van der Waals surface area contributed by atoms with Crippen LogP contribution >= 0.6 is 0 Å². The quantitative estimate of drug-likeness (QED) is 0.630. The number of methoxy groups -OCH3 is 1. The van der Waals surface area contributed by atoms with Crippen LogP contribution in [0.4, 0.5) is 6.01 Å². The van der Waals surface area contributed by atoms with Crippen molar-refractivity contribution < 1.29 is 9.15 Å². The SMILES string of the molecule is CCCC1(CNc2nnc(CNCCOC)o2)CC1. The summed E-state index contributed by atoms with van der Waals surface area (Å²) in [5.74, 6) is 0.610. The van der Waals surface area contributed by atoms with Crippen LogP contribution in [0.5, 0.6) is 0 Å². The summed E-state index contributed by atoms with van der Waals surface area (Å²) in [4.78, 5) is 0. The first-order valence-corrected chi connectivity index (χ1v) is 7.04. The highest BCUT2D eigenvalue weighted by molar-refractivity contribution is 5.19. The van der Waals surface area contributed by atoms with Crippen LogP contribution in [0.15, 0.2) is 4.42 Å². The van der Waals surface area contributed by atoms with Gasteiger partial charge in [-0.1, -0.05) is 18.4 Å². The Morgan fingerprint density at radius 2 is 2.21 bits per heavy atom. The first kappa shape index (κ1) is 14.3. The molecule has 0 bridgehead atoms. The Morgan fingerprint density at radius 3 is 2.89 bits per heavy atom. The fourth-order valence-corrected chi connectivity index (χ4v) is 2.25. The molecule has 0 aliphatic heterocycles. The number of nitrogens with zero attached hydrogens (tertiary/aromatic N) is 2. The number of hydrogen-bond acceptors (Lipinski definition) is 6. The third-order valence-electron chi connectivity index (χ3n) is 3.58. The largest absolute Gasteiger partial charge is 0.407 e. The lowest BCUT2D eigenvalue weighted by Crippen LogP contribution is -2.18. The van der Waals surface area contributed by atoms with Gasteiger partial charge < -0.3 is 19.8 Å². The average molecular weight is 268 g/mol. The summed E-state index contributed by atoms with van der Waals surface area (Å²) in [6.07, 6.45) is 5.14. The molecule has 1 saturated carbocycles. The lowest BCUT2D eigenvalue weighted by molar-refractivity contribution is 0.198. The summed E-state index contributed by atoms with van der Waals surface area (Å²) in [5.41, 5.74) is 0.486. The van der Waals surface area contributed by atoms with Crippen LogP contribution in [0.2, 0.25) is 0 Å². The van der Waals surface area contributed by atoms with Crippen LogP contribution in [0.1, 0.15) is 38.5 Å². The Morgan fingerprint density at radius 1 is 1.37 bits per heavy atom. The van der Waals surface area contributed by atoms with Gasteiger partial charge in [-0.3, -0.25) is 0 Å². The number of anilines is 1. The van der Waals surface area contributed by atoms with Crippen molar-refractivity contribution in [1.29, 1.82) is 0 Å². The van der Waals surface area contributed by atoms with E-state index in [4.69, 9.17) is 9.15 Å². The third kappa shape index (κ3) is 4.47. The van der Waals surface area contributed by atoms with Gasteiger partial charge in [0, 0.05) is 20.2 Å². The highest BCUT2D eigenvalue weighted by atomic mass is 16.5. The van der Waals surface area contributed by atoms with Gasteiger partial charge in [0.2, 0.25) is 5.89 Å². The van der Waals surface area contributed by atoms with Gasteiger partial charge in [-0.15, -0.1) is 5.10 Å². The fraction of sp³-hybridized carbons (Fsp3) is 0.846. The maximum Gasteiger partial charge on any atom is 0.315 e. The molecule has 0 aromatic carbocycles. The minimum atomic E-state index is 0.486. The highest BCUT2D eigenvalue weighted by Crippen LogP contribution is 2.49. The highest BCUT2D eigenvalue weighted by Gasteiger charge is 2.41. The maximum absolute atomic E-state index is 5.53. The van der Waals surface area contributed by atoms with Crippen LogP contribution in [0, 0.1) is 5.41 Å². The molecular weight excluding hydrogens is 244 g/mol. The molecule has 0 unspecified atom stereocenters. The van der Waals surface area contributed by atoms with E-state index in [9.17, 15) is 0 Å². The van der Waals surface area contributed by atoms with Gasteiger partial charge >= 0.3 is 6.01 Å². The lowest BCUT2D eigenvalue weighted by Gasteiger charge is -2.13. The topological polar surface area (TPSA) is 72.2 Å². The van der Waals surface area contributed by atoms with Gasteiger partial charge in [0.15, 0.2) is 0 Å². The normalized spacial score (nSPS) is 16.5. The van der Waals surface area contributed by atoms with E-state index in [1.54, 1.807) is 7.11 Å². The van der Waals surface area contributed by atoms with Crippen molar-refractivity contribution in [2.24, 2.45) is 5.41 Å². The van der Waals surface area contributed by atoms with E-state index in [-0.39, 0.29) is 0 Å². The van der Waals surface area contributed by atoms with Crippen molar-refractivity contribution in [1.82, 2.24) is 15.5 Å². The van der Waals surface area contributed by atoms with Crippen molar-refractivity contribution in [2.75, 3.05) is 32.1 Å². The van der Waals surface area contributed by atoms with E-state index in [0.29, 0.717) is 30.5 Å².